The maximum atomic E-state index is 2.50. The van der Waals surface area contributed by atoms with E-state index in [0.717, 1.165) is 6.42 Å². The van der Waals surface area contributed by atoms with Crippen LogP contribution in [0.15, 0.2) is 146 Å². The maximum absolute atomic E-state index is 2.50. The molecule has 0 saturated carbocycles. The van der Waals surface area contributed by atoms with E-state index in [-0.39, 0.29) is 16.2 Å². The molecule has 56 heavy (non-hydrogen) atoms. The molecular formula is C56H48. The highest BCUT2D eigenvalue weighted by Gasteiger charge is 2.44. The second-order valence-corrected chi connectivity index (χ2v) is 19.0. The Labute approximate surface area is 331 Å². The van der Waals surface area contributed by atoms with Crippen LogP contribution < -0.4 is 0 Å². The van der Waals surface area contributed by atoms with Gasteiger partial charge < -0.3 is 0 Å². The molecule has 0 N–H and O–H groups in total. The first-order valence-corrected chi connectivity index (χ1v) is 20.5. The topological polar surface area (TPSA) is 0 Å². The number of fused-ring (bicyclic) bond motifs is 6. The van der Waals surface area contributed by atoms with Crippen LogP contribution in [0.5, 0.6) is 0 Å². The molecule has 0 amide bonds. The van der Waals surface area contributed by atoms with Gasteiger partial charge in [0.05, 0.1) is 0 Å². The highest BCUT2D eigenvalue weighted by atomic mass is 14.5. The van der Waals surface area contributed by atoms with Crippen LogP contribution in [0.2, 0.25) is 0 Å². The van der Waals surface area contributed by atoms with Crippen LogP contribution >= 0.6 is 0 Å². The van der Waals surface area contributed by atoms with Crippen LogP contribution in [-0.4, -0.2) is 0 Å². The summed E-state index contributed by atoms with van der Waals surface area (Å²) in [5, 5.41) is 8.08. The third-order valence-electron chi connectivity index (χ3n) is 14.1. The van der Waals surface area contributed by atoms with Gasteiger partial charge in [0.15, 0.2) is 0 Å². The van der Waals surface area contributed by atoms with Crippen LogP contribution in [0.4, 0.5) is 0 Å². The van der Waals surface area contributed by atoms with Gasteiger partial charge in [-0.15, -0.1) is 0 Å². The first-order chi connectivity index (χ1) is 26.9. The van der Waals surface area contributed by atoms with E-state index < -0.39 is 0 Å². The van der Waals surface area contributed by atoms with Crippen molar-refractivity contribution in [1.82, 2.24) is 0 Å². The zero-order valence-corrected chi connectivity index (χ0v) is 33.6. The van der Waals surface area contributed by atoms with Gasteiger partial charge in [0.2, 0.25) is 0 Å². The molecule has 0 radical (unpaired) electrons. The van der Waals surface area contributed by atoms with Crippen molar-refractivity contribution < 1.29 is 0 Å². The molecule has 8 aromatic rings. The molecule has 0 nitrogen and oxygen atoms in total. The van der Waals surface area contributed by atoms with E-state index in [1.165, 1.54) is 110 Å². The van der Waals surface area contributed by atoms with E-state index in [4.69, 9.17) is 0 Å². The van der Waals surface area contributed by atoms with E-state index in [2.05, 4.69) is 194 Å². The van der Waals surface area contributed by atoms with Gasteiger partial charge in [-0.1, -0.05) is 182 Å². The van der Waals surface area contributed by atoms with E-state index >= 15 is 0 Å². The first-order valence-electron chi connectivity index (χ1n) is 20.5. The fraction of sp³-hybridized carbons (Fsp3) is 0.214. The van der Waals surface area contributed by atoms with E-state index in [9.17, 15) is 0 Å². The summed E-state index contributed by atoms with van der Waals surface area (Å²) < 4.78 is 0. The minimum absolute atomic E-state index is 0.00331. The third kappa shape index (κ3) is 4.72. The summed E-state index contributed by atoms with van der Waals surface area (Å²) in [6, 6.07) is 51.5. The molecule has 3 aliphatic carbocycles. The second kappa shape index (κ2) is 11.4. The van der Waals surface area contributed by atoms with E-state index in [1.54, 1.807) is 0 Å². The number of benzene rings is 8. The Morgan fingerprint density at radius 1 is 0.482 bits per heavy atom. The fourth-order valence-electron chi connectivity index (χ4n) is 10.8. The average Bonchev–Trinajstić information content (AvgIpc) is 3.58. The molecule has 0 fully saturated rings. The van der Waals surface area contributed by atoms with Crippen molar-refractivity contribution in [1.29, 1.82) is 0 Å². The predicted molar refractivity (Wildman–Crippen MR) is 241 cm³/mol. The van der Waals surface area contributed by atoms with Gasteiger partial charge in [-0.2, -0.15) is 0 Å². The zero-order chi connectivity index (χ0) is 38.3. The van der Waals surface area contributed by atoms with Crippen LogP contribution in [0.25, 0.3) is 76.8 Å². The van der Waals surface area contributed by atoms with Crippen LogP contribution in [0, 0.1) is 5.92 Å². The second-order valence-electron chi connectivity index (χ2n) is 19.0. The lowest BCUT2D eigenvalue weighted by atomic mass is 9.72. The fourth-order valence-corrected chi connectivity index (χ4v) is 10.8. The summed E-state index contributed by atoms with van der Waals surface area (Å²) in [4.78, 5) is 0. The molecule has 0 heterocycles. The highest BCUT2D eigenvalue weighted by molar-refractivity contribution is 6.25. The van der Waals surface area contributed by atoms with Gasteiger partial charge in [-0.25, -0.2) is 0 Å². The molecule has 0 aliphatic heterocycles. The van der Waals surface area contributed by atoms with Crippen LogP contribution in [-0.2, 0) is 16.2 Å². The summed E-state index contributed by atoms with van der Waals surface area (Å²) in [6.07, 6.45) is 5.86. The average molecular weight is 721 g/mol. The largest absolute Gasteiger partial charge is 0.0619 e. The maximum Gasteiger partial charge on any atom is 0.0159 e. The lowest BCUT2D eigenvalue weighted by Crippen LogP contribution is -2.25. The Balaban J connectivity index is 0.903. The number of allylic oxidation sites excluding steroid dienone is 4. The SMILES string of the molecule is CC(C)(C)c1cc2ccc3ccc(-c4ccc(C5=CC=C6c7ccc(-c8ccc9c(c8)C(C)(C)c8ccccc8-9)cc7C(C)(C)[C@H]6C5)cc4)c4ccc(c1)c2c34. The molecule has 0 unspecified atom stereocenters. The molecule has 0 saturated heterocycles. The first kappa shape index (κ1) is 33.6. The summed E-state index contributed by atoms with van der Waals surface area (Å²) >= 11 is 0. The van der Waals surface area contributed by atoms with E-state index in [0.29, 0.717) is 5.92 Å². The van der Waals surface area contributed by atoms with Gasteiger partial charge in [0, 0.05) is 5.41 Å². The Bertz CT molecular complexity index is 2990. The zero-order valence-electron chi connectivity index (χ0n) is 33.6. The summed E-state index contributed by atoms with van der Waals surface area (Å²) in [5.74, 6) is 0.442. The Hall–Kier alpha value is -5.72. The van der Waals surface area contributed by atoms with Crippen molar-refractivity contribution in [2.45, 2.75) is 71.1 Å². The summed E-state index contributed by atoms with van der Waals surface area (Å²) in [7, 11) is 0. The standard InChI is InChI=1S/C56H48/c1-54(2,3)41-28-39-17-16-35-18-23-42(47-27-22-40(29-41)52(39)53(35)47)34-14-12-33(13-15-34)36-19-24-45-46-26-21-38(32-51(46)56(6,7)50(45)30-36)37-20-25-44-43-10-8-9-11-48(43)55(4,5)49(44)31-37/h8-29,31-32,50H,30H2,1-7H3/t50-/m0/s1. The predicted octanol–water partition coefficient (Wildman–Crippen LogP) is 15.3. The Morgan fingerprint density at radius 2 is 1.07 bits per heavy atom. The molecule has 0 spiro atoms. The molecule has 0 bridgehead atoms. The van der Waals surface area contributed by atoms with Crippen LogP contribution in [0.1, 0.15) is 88.3 Å². The van der Waals surface area contributed by atoms with Crippen molar-refractivity contribution in [2.75, 3.05) is 0 Å². The highest BCUT2D eigenvalue weighted by Crippen LogP contribution is 2.56. The van der Waals surface area contributed by atoms with Crippen molar-refractivity contribution in [3.63, 3.8) is 0 Å². The van der Waals surface area contributed by atoms with Gasteiger partial charge in [-0.3, -0.25) is 0 Å². The lowest BCUT2D eigenvalue weighted by Gasteiger charge is -2.31. The number of hydrogen-bond donors (Lipinski definition) is 0. The minimum Gasteiger partial charge on any atom is -0.0619 e. The molecule has 3 aliphatic rings. The molecule has 0 heteroatoms. The molecule has 8 aromatic carbocycles. The smallest absolute Gasteiger partial charge is 0.0159 e. The summed E-state index contributed by atoms with van der Waals surface area (Å²) in [5.41, 5.74) is 19.5. The van der Waals surface area contributed by atoms with Gasteiger partial charge in [0.25, 0.3) is 0 Å². The number of hydrogen-bond acceptors (Lipinski definition) is 0. The van der Waals surface area contributed by atoms with Gasteiger partial charge in [-0.05, 0) is 146 Å². The van der Waals surface area contributed by atoms with Crippen molar-refractivity contribution in [3.8, 4) is 33.4 Å². The summed E-state index contributed by atoms with van der Waals surface area (Å²) in [6.45, 7) is 16.6. The quantitative estimate of drug-likeness (QED) is 0.159. The lowest BCUT2D eigenvalue weighted by molar-refractivity contribution is 0.418. The van der Waals surface area contributed by atoms with Crippen LogP contribution in [0.3, 0.4) is 0 Å². The Morgan fingerprint density at radius 3 is 1.82 bits per heavy atom. The molecule has 11 rings (SSSR count). The number of rotatable bonds is 3. The normalized spacial score (nSPS) is 17.8. The Kier molecular flexibility index (Phi) is 6.85. The van der Waals surface area contributed by atoms with Gasteiger partial charge >= 0.3 is 0 Å². The molecular weight excluding hydrogens is 673 g/mol. The van der Waals surface area contributed by atoms with Gasteiger partial charge in [0.1, 0.15) is 0 Å². The third-order valence-corrected chi connectivity index (χ3v) is 14.1. The van der Waals surface area contributed by atoms with E-state index in [1.807, 2.05) is 0 Å². The van der Waals surface area contributed by atoms with Crippen molar-refractivity contribution in [3.05, 3.63) is 179 Å². The molecule has 1 atom stereocenters. The monoisotopic (exact) mass is 720 g/mol. The minimum atomic E-state index is -0.00331. The van der Waals surface area contributed by atoms with Crippen molar-refractivity contribution >= 4 is 43.5 Å². The molecule has 272 valence electrons. The van der Waals surface area contributed by atoms with Crippen molar-refractivity contribution in [2.24, 2.45) is 5.92 Å². The molecule has 0 aromatic heterocycles.